The zero-order valence-corrected chi connectivity index (χ0v) is 11.4. The molecule has 7 nitrogen and oxygen atoms in total. The van der Waals surface area contributed by atoms with Crippen LogP contribution in [0, 0.1) is 0 Å². The lowest BCUT2D eigenvalue weighted by Gasteiger charge is -2.25. The third-order valence-corrected chi connectivity index (χ3v) is 4.20. The van der Waals surface area contributed by atoms with Crippen molar-refractivity contribution in [2.24, 2.45) is 7.05 Å². The first kappa shape index (κ1) is 14.7. The van der Waals surface area contributed by atoms with Gasteiger partial charge in [0, 0.05) is 19.0 Å². The number of aromatic nitrogens is 2. The molecule has 18 heavy (non-hydrogen) atoms. The summed E-state index contributed by atoms with van der Waals surface area (Å²) < 4.78 is 27.8. The van der Waals surface area contributed by atoms with Crippen molar-refractivity contribution >= 4 is 16.0 Å². The lowest BCUT2D eigenvalue weighted by molar-refractivity contribution is -0.137. The van der Waals surface area contributed by atoms with Crippen LogP contribution in [0.2, 0.25) is 0 Å². The molecule has 0 aliphatic rings. The quantitative estimate of drug-likeness (QED) is 0.779. The summed E-state index contributed by atoms with van der Waals surface area (Å²) in [5.74, 6) is -0.956. The van der Waals surface area contributed by atoms with Gasteiger partial charge >= 0.3 is 5.97 Å². The number of aryl methyl sites for hydroxylation is 1. The summed E-state index contributed by atoms with van der Waals surface area (Å²) in [6.45, 7) is 3.29. The van der Waals surface area contributed by atoms with Gasteiger partial charge in [0.15, 0.2) is 5.03 Å². The number of hydrogen-bond acceptors (Lipinski definition) is 4. The fraction of sp³-hybridized carbons (Fsp3) is 0.600. The Hall–Kier alpha value is -1.41. The van der Waals surface area contributed by atoms with Crippen LogP contribution in [0.25, 0.3) is 0 Å². The van der Waals surface area contributed by atoms with Crippen molar-refractivity contribution in [2.75, 3.05) is 0 Å². The minimum absolute atomic E-state index is 0.0471. The summed E-state index contributed by atoms with van der Waals surface area (Å²) in [4.78, 5) is 10.5. The van der Waals surface area contributed by atoms with Crippen molar-refractivity contribution in [3.05, 3.63) is 12.3 Å². The number of carboxylic acid groups (broad SMARTS) is 1. The van der Waals surface area contributed by atoms with Gasteiger partial charge in [-0.2, -0.15) is 5.10 Å². The average molecular weight is 275 g/mol. The molecule has 2 N–H and O–H groups in total. The van der Waals surface area contributed by atoms with Crippen LogP contribution >= 0.6 is 0 Å². The van der Waals surface area contributed by atoms with Crippen LogP contribution < -0.4 is 4.72 Å². The van der Waals surface area contributed by atoms with E-state index in [-0.39, 0.29) is 17.9 Å². The molecule has 0 fully saturated rings. The number of hydrogen-bond donors (Lipinski definition) is 2. The maximum atomic E-state index is 12.1. The Morgan fingerprint density at radius 1 is 1.56 bits per heavy atom. The van der Waals surface area contributed by atoms with Crippen molar-refractivity contribution in [3.63, 3.8) is 0 Å². The van der Waals surface area contributed by atoms with Crippen molar-refractivity contribution in [1.82, 2.24) is 14.5 Å². The van der Waals surface area contributed by atoms with Gasteiger partial charge < -0.3 is 5.11 Å². The largest absolute Gasteiger partial charge is 0.481 e. The minimum atomic E-state index is -3.70. The molecule has 0 aromatic carbocycles. The van der Waals surface area contributed by atoms with Gasteiger partial charge in [-0.15, -0.1) is 0 Å². The van der Waals surface area contributed by atoms with Crippen molar-refractivity contribution in [3.8, 4) is 0 Å². The second-order valence-electron chi connectivity index (χ2n) is 4.68. The Morgan fingerprint density at radius 3 is 2.61 bits per heavy atom. The first-order chi connectivity index (χ1) is 8.14. The molecule has 0 amide bonds. The van der Waals surface area contributed by atoms with Gasteiger partial charge in [-0.1, -0.05) is 0 Å². The highest BCUT2D eigenvalue weighted by atomic mass is 32.2. The van der Waals surface area contributed by atoms with Crippen LogP contribution in [0.3, 0.4) is 0 Å². The van der Waals surface area contributed by atoms with Crippen LogP contribution in [0.5, 0.6) is 0 Å². The molecule has 0 saturated carbocycles. The number of nitrogens with zero attached hydrogens (tertiary/aromatic N) is 2. The van der Waals surface area contributed by atoms with Gasteiger partial charge in [-0.25, -0.2) is 13.1 Å². The average Bonchev–Trinajstić information content (AvgIpc) is 2.61. The van der Waals surface area contributed by atoms with Gasteiger partial charge in [0.05, 0.1) is 6.20 Å². The van der Waals surface area contributed by atoms with Gasteiger partial charge in [0.1, 0.15) is 0 Å². The molecule has 0 saturated heterocycles. The molecule has 1 rings (SSSR count). The molecular weight excluding hydrogens is 258 g/mol. The molecule has 1 aromatic heterocycles. The van der Waals surface area contributed by atoms with Crippen LogP contribution in [0.15, 0.2) is 17.3 Å². The second kappa shape index (κ2) is 5.07. The first-order valence-electron chi connectivity index (χ1n) is 5.38. The molecule has 0 radical (unpaired) electrons. The fourth-order valence-corrected chi connectivity index (χ4v) is 3.08. The Kier molecular flexibility index (Phi) is 4.12. The van der Waals surface area contributed by atoms with Crippen molar-refractivity contribution in [1.29, 1.82) is 0 Å². The van der Waals surface area contributed by atoms with Crippen LogP contribution in [0.4, 0.5) is 0 Å². The van der Waals surface area contributed by atoms with Gasteiger partial charge in [0.2, 0.25) is 0 Å². The van der Waals surface area contributed by atoms with Gasteiger partial charge in [-0.05, 0) is 26.3 Å². The highest BCUT2D eigenvalue weighted by Gasteiger charge is 2.28. The molecular formula is C10H17N3O4S. The lowest BCUT2D eigenvalue weighted by Crippen LogP contribution is -2.44. The summed E-state index contributed by atoms with van der Waals surface area (Å²) >= 11 is 0. The Labute approximate surface area is 106 Å². The number of nitrogens with one attached hydrogen (secondary N) is 1. The predicted octanol–water partition coefficient (Wildman–Crippen LogP) is 0.342. The predicted molar refractivity (Wildman–Crippen MR) is 64.5 cm³/mol. The van der Waals surface area contributed by atoms with E-state index in [0.717, 1.165) is 0 Å². The molecule has 8 heteroatoms. The van der Waals surface area contributed by atoms with E-state index in [0.29, 0.717) is 0 Å². The van der Waals surface area contributed by atoms with E-state index >= 15 is 0 Å². The van der Waals surface area contributed by atoms with Crippen LogP contribution in [0.1, 0.15) is 26.7 Å². The van der Waals surface area contributed by atoms with Gasteiger partial charge in [0.25, 0.3) is 10.0 Å². The number of aliphatic carboxylic acids is 1. The molecule has 0 bridgehead atoms. The summed E-state index contributed by atoms with van der Waals surface area (Å²) in [5, 5.41) is 12.4. The summed E-state index contributed by atoms with van der Waals surface area (Å²) in [5.41, 5.74) is -0.832. The van der Waals surface area contributed by atoms with Gasteiger partial charge in [-0.3, -0.25) is 9.48 Å². The van der Waals surface area contributed by atoms with Crippen molar-refractivity contribution in [2.45, 2.75) is 37.3 Å². The van der Waals surface area contributed by atoms with E-state index in [9.17, 15) is 13.2 Å². The number of carbonyl (C=O) groups is 1. The van der Waals surface area contributed by atoms with Crippen LogP contribution in [-0.2, 0) is 21.9 Å². The summed E-state index contributed by atoms with van der Waals surface area (Å²) in [6.07, 6.45) is 1.50. The zero-order chi connectivity index (χ0) is 14.0. The highest BCUT2D eigenvalue weighted by Crippen LogP contribution is 2.16. The Balaban J connectivity index is 2.83. The van der Waals surface area contributed by atoms with E-state index in [1.165, 1.54) is 24.0 Å². The molecule has 0 spiro atoms. The zero-order valence-electron chi connectivity index (χ0n) is 10.5. The number of rotatable bonds is 6. The second-order valence-corrected chi connectivity index (χ2v) is 6.31. The SMILES string of the molecule is Cn1nccc1S(=O)(=O)NC(C)(C)CCC(=O)O. The highest BCUT2D eigenvalue weighted by molar-refractivity contribution is 7.89. The van der Waals surface area contributed by atoms with E-state index in [1.54, 1.807) is 13.8 Å². The normalized spacial score (nSPS) is 12.6. The first-order valence-corrected chi connectivity index (χ1v) is 6.86. The summed E-state index contributed by atoms with van der Waals surface area (Å²) in [6, 6.07) is 1.38. The monoisotopic (exact) mass is 275 g/mol. The number of carboxylic acids is 1. The van der Waals surface area contributed by atoms with E-state index in [1.807, 2.05) is 0 Å². The molecule has 0 unspecified atom stereocenters. The standard InChI is InChI=1S/C10H17N3O4S/c1-10(2,6-4-9(14)15)12-18(16,17)8-5-7-11-13(8)3/h5,7,12H,4,6H2,1-3H3,(H,14,15). The lowest BCUT2D eigenvalue weighted by atomic mass is 10.0. The molecule has 1 aromatic rings. The Bertz CT molecular complexity index is 533. The van der Waals surface area contributed by atoms with E-state index < -0.39 is 21.5 Å². The summed E-state index contributed by atoms with van der Waals surface area (Å²) in [7, 11) is -2.17. The smallest absolute Gasteiger partial charge is 0.303 e. The molecule has 1 heterocycles. The Morgan fingerprint density at radius 2 is 2.17 bits per heavy atom. The number of sulfonamides is 1. The third-order valence-electron chi connectivity index (χ3n) is 2.43. The van der Waals surface area contributed by atoms with Crippen LogP contribution in [-0.4, -0.2) is 34.8 Å². The van der Waals surface area contributed by atoms with E-state index in [4.69, 9.17) is 5.11 Å². The van der Waals surface area contributed by atoms with E-state index in [2.05, 4.69) is 9.82 Å². The van der Waals surface area contributed by atoms with Crippen molar-refractivity contribution < 1.29 is 18.3 Å². The molecule has 0 aliphatic carbocycles. The molecule has 0 atom stereocenters. The molecule has 102 valence electrons. The molecule has 0 aliphatic heterocycles. The maximum Gasteiger partial charge on any atom is 0.303 e. The topological polar surface area (TPSA) is 101 Å². The fourth-order valence-electron chi connectivity index (χ4n) is 1.51. The third kappa shape index (κ3) is 3.81. The minimum Gasteiger partial charge on any atom is -0.481 e. The maximum absolute atomic E-state index is 12.1.